The molecule has 9 heteroatoms. The lowest BCUT2D eigenvalue weighted by molar-refractivity contribution is -0.142. The number of rotatable bonds is 11. The standard InChI is InChI=1S/C22H29FN6O2.C2H6/c1-5-27-29-21(18-10-7-8-11-19(18)23)17(14-20(30)31-6-2)15-25-22(29)26-16-24-12-9-13-28(3)4;1-2/h1,7-8,10-11,15,24,27H,6,9,12-14,16H2,2-4H3;1-2H3/b26-22-;. The fourth-order valence-corrected chi connectivity index (χ4v) is 2.95. The molecule has 0 radical (unpaired) electrons. The molecule has 1 aromatic heterocycles. The summed E-state index contributed by atoms with van der Waals surface area (Å²) in [5.41, 5.74) is 4.07. The van der Waals surface area contributed by atoms with Crippen LogP contribution in [0, 0.1) is 18.3 Å². The van der Waals surface area contributed by atoms with Gasteiger partial charge in [-0.1, -0.05) is 32.4 Å². The third kappa shape index (κ3) is 9.04. The van der Waals surface area contributed by atoms with Crippen LogP contribution in [0.1, 0.15) is 32.8 Å². The van der Waals surface area contributed by atoms with Gasteiger partial charge in [-0.3, -0.25) is 10.1 Å². The molecule has 0 aliphatic rings. The normalized spacial score (nSPS) is 10.9. The highest BCUT2D eigenvalue weighted by atomic mass is 19.1. The Morgan fingerprint density at radius 3 is 2.70 bits per heavy atom. The van der Waals surface area contributed by atoms with E-state index in [-0.39, 0.29) is 24.2 Å². The number of carbonyl (C=O) groups excluding carboxylic acids is 1. The van der Waals surface area contributed by atoms with Crippen molar-refractivity contribution in [3.8, 4) is 23.7 Å². The van der Waals surface area contributed by atoms with Gasteiger partial charge in [0.25, 0.3) is 0 Å². The number of nitrogens with one attached hydrogen (secondary N) is 2. The number of hydrogen-bond acceptors (Lipinski definition) is 7. The van der Waals surface area contributed by atoms with Crippen LogP contribution in [0.4, 0.5) is 4.39 Å². The SMILES string of the molecule is C#CNn1c(-c2ccccc2F)c(CC(=O)OCC)cn/c1=N/CNCCCN(C)C.CC. The fraction of sp³-hybridized carbons (Fsp3) is 0.458. The molecule has 33 heavy (non-hydrogen) atoms. The molecule has 0 spiro atoms. The van der Waals surface area contributed by atoms with Gasteiger partial charge in [0.2, 0.25) is 5.62 Å². The van der Waals surface area contributed by atoms with Gasteiger partial charge in [-0.15, -0.1) is 0 Å². The minimum Gasteiger partial charge on any atom is -0.466 e. The van der Waals surface area contributed by atoms with Crippen molar-refractivity contribution in [3.05, 3.63) is 47.5 Å². The van der Waals surface area contributed by atoms with Crippen LogP contribution in [-0.2, 0) is 16.0 Å². The zero-order chi connectivity index (χ0) is 24.6. The summed E-state index contributed by atoms with van der Waals surface area (Å²) in [6, 6.07) is 8.58. The van der Waals surface area contributed by atoms with E-state index in [1.807, 2.05) is 27.9 Å². The second-order valence-corrected chi connectivity index (χ2v) is 6.96. The van der Waals surface area contributed by atoms with E-state index in [4.69, 9.17) is 11.2 Å². The molecule has 0 amide bonds. The predicted octanol–water partition coefficient (Wildman–Crippen LogP) is 2.35. The van der Waals surface area contributed by atoms with E-state index in [0.29, 0.717) is 17.9 Å². The topological polar surface area (TPSA) is 83.8 Å². The number of nitrogens with zero attached hydrogens (tertiary/aromatic N) is 4. The smallest absolute Gasteiger partial charge is 0.310 e. The number of carbonyl (C=O) groups is 1. The maximum Gasteiger partial charge on any atom is 0.310 e. The van der Waals surface area contributed by atoms with Gasteiger partial charge in [-0.2, -0.15) is 0 Å². The Balaban J connectivity index is 0.00000265. The van der Waals surface area contributed by atoms with Crippen LogP contribution >= 0.6 is 0 Å². The first-order valence-corrected chi connectivity index (χ1v) is 11.1. The molecular weight excluding hydrogens is 423 g/mol. The van der Waals surface area contributed by atoms with E-state index in [2.05, 4.69) is 31.7 Å². The third-order valence-electron chi connectivity index (χ3n) is 4.30. The zero-order valence-corrected chi connectivity index (χ0v) is 20.2. The van der Waals surface area contributed by atoms with Crippen LogP contribution in [0.2, 0.25) is 0 Å². The Morgan fingerprint density at radius 2 is 2.06 bits per heavy atom. The summed E-state index contributed by atoms with van der Waals surface area (Å²) in [5, 5.41) is 3.22. The highest BCUT2D eigenvalue weighted by molar-refractivity contribution is 5.76. The van der Waals surface area contributed by atoms with Crippen molar-refractivity contribution in [3.63, 3.8) is 0 Å². The molecule has 0 unspecified atom stereocenters. The van der Waals surface area contributed by atoms with Gasteiger partial charge in [0.05, 0.1) is 25.4 Å². The molecule has 0 saturated carbocycles. The van der Waals surface area contributed by atoms with Crippen LogP contribution in [0.15, 0.2) is 35.5 Å². The summed E-state index contributed by atoms with van der Waals surface area (Å²) in [4.78, 5) is 23.0. The largest absolute Gasteiger partial charge is 0.466 e. The summed E-state index contributed by atoms with van der Waals surface area (Å²) >= 11 is 0. The molecule has 2 rings (SSSR count). The molecule has 0 bridgehead atoms. The van der Waals surface area contributed by atoms with Gasteiger partial charge in [0.1, 0.15) is 5.82 Å². The summed E-state index contributed by atoms with van der Waals surface area (Å²) in [6.45, 7) is 8.02. The average molecular weight is 459 g/mol. The third-order valence-corrected chi connectivity index (χ3v) is 4.30. The van der Waals surface area contributed by atoms with E-state index >= 15 is 0 Å². The van der Waals surface area contributed by atoms with E-state index in [1.54, 1.807) is 25.1 Å². The summed E-state index contributed by atoms with van der Waals surface area (Å²) in [6.07, 6.45) is 7.86. The molecule has 1 heterocycles. The first-order chi connectivity index (χ1) is 16.0. The van der Waals surface area contributed by atoms with Crippen molar-refractivity contribution in [1.82, 2.24) is 19.9 Å². The van der Waals surface area contributed by atoms with Crippen LogP contribution in [0.5, 0.6) is 0 Å². The van der Waals surface area contributed by atoms with Gasteiger partial charge in [0.15, 0.2) is 0 Å². The van der Waals surface area contributed by atoms with Crippen molar-refractivity contribution in [2.24, 2.45) is 4.99 Å². The number of aromatic nitrogens is 2. The van der Waals surface area contributed by atoms with Crippen LogP contribution in [-0.4, -0.2) is 61.0 Å². The molecule has 180 valence electrons. The average Bonchev–Trinajstić information content (AvgIpc) is 2.79. The van der Waals surface area contributed by atoms with Gasteiger partial charge in [-0.25, -0.2) is 24.5 Å². The number of hydrogen-bond donors (Lipinski definition) is 2. The zero-order valence-electron chi connectivity index (χ0n) is 20.2. The quantitative estimate of drug-likeness (QED) is 0.233. The van der Waals surface area contributed by atoms with Crippen molar-refractivity contribution in [2.45, 2.75) is 33.6 Å². The molecule has 0 atom stereocenters. The lowest BCUT2D eigenvalue weighted by atomic mass is 10.0. The summed E-state index contributed by atoms with van der Waals surface area (Å²) < 4.78 is 21.1. The van der Waals surface area contributed by atoms with Gasteiger partial charge in [0, 0.05) is 23.4 Å². The van der Waals surface area contributed by atoms with E-state index in [0.717, 1.165) is 19.5 Å². The number of esters is 1. The Labute approximate surface area is 195 Å². The first kappa shape index (κ1) is 27.8. The minimum absolute atomic E-state index is 0.0835. The van der Waals surface area contributed by atoms with Crippen molar-refractivity contribution in [1.29, 1.82) is 0 Å². The van der Waals surface area contributed by atoms with Gasteiger partial charge in [-0.05, 0) is 52.7 Å². The van der Waals surface area contributed by atoms with E-state index < -0.39 is 11.8 Å². The Morgan fingerprint density at radius 1 is 1.33 bits per heavy atom. The molecule has 8 nitrogen and oxygen atoms in total. The molecule has 2 N–H and O–H groups in total. The van der Waals surface area contributed by atoms with E-state index in [9.17, 15) is 9.18 Å². The van der Waals surface area contributed by atoms with Crippen molar-refractivity contribution >= 4 is 5.97 Å². The monoisotopic (exact) mass is 458 g/mol. The number of terminal acetylenes is 1. The summed E-state index contributed by atoms with van der Waals surface area (Å²) in [5.74, 6) is -0.902. The highest BCUT2D eigenvalue weighted by Crippen LogP contribution is 2.25. The fourth-order valence-electron chi connectivity index (χ4n) is 2.95. The Hall–Kier alpha value is -3.22. The molecule has 0 fully saturated rings. The molecule has 0 aliphatic heterocycles. The summed E-state index contributed by atoms with van der Waals surface area (Å²) in [7, 11) is 4.04. The molecule has 0 saturated heterocycles. The molecule has 0 aliphatic carbocycles. The minimum atomic E-state index is -0.459. The molecule has 2 aromatic rings. The second-order valence-electron chi connectivity index (χ2n) is 6.96. The lowest BCUT2D eigenvalue weighted by Crippen LogP contribution is -2.34. The maximum absolute atomic E-state index is 14.7. The van der Waals surface area contributed by atoms with Crippen molar-refractivity contribution < 1.29 is 13.9 Å². The van der Waals surface area contributed by atoms with Crippen LogP contribution in [0.25, 0.3) is 11.3 Å². The Kier molecular flexibility index (Phi) is 13.1. The van der Waals surface area contributed by atoms with Crippen LogP contribution in [0.3, 0.4) is 0 Å². The van der Waals surface area contributed by atoms with E-state index in [1.165, 1.54) is 16.9 Å². The van der Waals surface area contributed by atoms with Crippen LogP contribution < -0.4 is 16.4 Å². The number of halogens is 1. The van der Waals surface area contributed by atoms with Gasteiger partial charge < -0.3 is 9.64 Å². The van der Waals surface area contributed by atoms with Gasteiger partial charge >= 0.3 is 5.97 Å². The molecular formula is C24H35FN6O2. The second kappa shape index (κ2) is 15.6. The predicted molar refractivity (Wildman–Crippen MR) is 129 cm³/mol. The lowest BCUT2D eigenvalue weighted by Gasteiger charge is -2.17. The number of ether oxygens (including phenoxy) is 1. The highest BCUT2D eigenvalue weighted by Gasteiger charge is 2.18. The Bertz CT molecular complexity index is 982. The first-order valence-electron chi connectivity index (χ1n) is 11.1. The maximum atomic E-state index is 14.7. The number of benzene rings is 1. The molecule has 1 aromatic carbocycles. The van der Waals surface area contributed by atoms with Crippen molar-refractivity contribution in [2.75, 3.05) is 45.9 Å².